The average molecular weight is 306 g/mol. The molecule has 0 bridgehead atoms. The molecule has 7 heteroatoms. The summed E-state index contributed by atoms with van der Waals surface area (Å²) in [6, 6.07) is 8.11. The summed E-state index contributed by atoms with van der Waals surface area (Å²) in [6.07, 6.45) is -0.736. The highest BCUT2D eigenvalue weighted by Gasteiger charge is 2.29. The van der Waals surface area contributed by atoms with Crippen LogP contribution in [-0.4, -0.2) is 28.2 Å². The highest BCUT2D eigenvalue weighted by molar-refractivity contribution is 7.07. The molecule has 21 heavy (non-hydrogen) atoms. The van der Waals surface area contributed by atoms with E-state index in [0.717, 1.165) is 10.5 Å². The third-order valence-corrected chi connectivity index (χ3v) is 3.39. The van der Waals surface area contributed by atoms with Gasteiger partial charge in [0.15, 0.2) is 0 Å². The van der Waals surface area contributed by atoms with Crippen molar-refractivity contribution in [2.45, 2.75) is 19.6 Å². The molecule has 1 N–H and O–H groups in total. The lowest BCUT2D eigenvalue weighted by atomic mass is 10.2. The minimum absolute atomic E-state index is 0.0760. The molecule has 0 fully saturated rings. The fourth-order valence-electron chi connectivity index (χ4n) is 1.67. The minimum Gasteiger partial charge on any atom is -0.480 e. The molecule has 2 aromatic rings. The minimum atomic E-state index is -1.13. The number of hydrogen-bond donors (Lipinski definition) is 1. The van der Waals surface area contributed by atoms with Gasteiger partial charge in [0.2, 0.25) is 0 Å². The summed E-state index contributed by atoms with van der Waals surface area (Å²) in [4.78, 5) is 28.3. The predicted molar refractivity (Wildman–Crippen MR) is 78.3 cm³/mol. The third kappa shape index (κ3) is 3.79. The lowest BCUT2D eigenvalue weighted by molar-refractivity contribution is -0.138. The van der Waals surface area contributed by atoms with Crippen LogP contribution in [0.25, 0.3) is 0 Å². The first-order valence-corrected chi connectivity index (χ1v) is 7.15. The molecule has 1 heterocycles. The van der Waals surface area contributed by atoms with E-state index in [1.807, 2.05) is 30.3 Å². The molecule has 0 saturated heterocycles. The van der Waals surface area contributed by atoms with Crippen LogP contribution < -0.4 is 4.90 Å². The summed E-state index contributed by atoms with van der Waals surface area (Å²) in [5.41, 5.74) is 2.36. The van der Waals surface area contributed by atoms with Crippen molar-refractivity contribution in [1.29, 1.82) is 0 Å². The Kier molecular flexibility index (Phi) is 4.89. The van der Waals surface area contributed by atoms with Crippen molar-refractivity contribution in [3.63, 3.8) is 0 Å². The molecule has 1 atom stereocenters. The second-order valence-electron chi connectivity index (χ2n) is 4.27. The van der Waals surface area contributed by atoms with E-state index >= 15 is 0 Å². The van der Waals surface area contributed by atoms with Gasteiger partial charge in [0.1, 0.15) is 18.5 Å². The number of ether oxygens (including phenoxy) is 1. The largest absolute Gasteiger partial charge is 0.480 e. The van der Waals surface area contributed by atoms with E-state index in [2.05, 4.69) is 4.98 Å². The Balaban J connectivity index is 2.10. The Labute approximate surface area is 125 Å². The quantitative estimate of drug-likeness (QED) is 0.918. The lowest BCUT2D eigenvalue weighted by Gasteiger charge is -2.23. The maximum absolute atomic E-state index is 12.2. The molecule has 1 aromatic heterocycles. The van der Waals surface area contributed by atoms with Gasteiger partial charge < -0.3 is 9.84 Å². The molecule has 0 radical (unpaired) electrons. The molecule has 6 nitrogen and oxygen atoms in total. The normalized spacial score (nSPS) is 11.7. The standard InChI is InChI=1S/C14H14N2O4S/c1-10(13(17)18)16(12-8-21-9-15-12)14(19)20-7-11-5-3-2-4-6-11/h2-6,8-10H,7H2,1H3,(H,17,18). The molecular formula is C14H14N2O4S. The molecule has 110 valence electrons. The van der Waals surface area contributed by atoms with Crippen LogP contribution in [-0.2, 0) is 16.1 Å². The van der Waals surface area contributed by atoms with Crippen LogP contribution in [0.5, 0.6) is 0 Å². The van der Waals surface area contributed by atoms with E-state index in [0.29, 0.717) is 0 Å². The highest BCUT2D eigenvalue weighted by Crippen LogP contribution is 2.19. The summed E-state index contributed by atoms with van der Waals surface area (Å²) in [5, 5.41) is 10.7. The van der Waals surface area contributed by atoms with Crippen molar-refractivity contribution in [3.05, 3.63) is 46.8 Å². The van der Waals surface area contributed by atoms with E-state index in [4.69, 9.17) is 9.84 Å². The van der Waals surface area contributed by atoms with E-state index < -0.39 is 18.1 Å². The summed E-state index contributed by atoms with van der Waals surface area (Å²) in [7, 11) is 0. The smallest absolute Gasteiger partial charge is 0.416 e. The molecule has 1 unspecified atom stereocenters. The van der Waals surface area contributed by atoms with Crippen molar-refractivity contribution >= 4 is 29.2 Å². The first kappa shape index (κ1) is 15.0. The van der Waals surface area contributed by atoms with E-state index in [9.17, 15) is 9.59 Å². The molecule has 0 saturated carbocycles. The SMILES string of the molecule is CC(C(=O)O)N(C(=O)OCc1ccccc1)c1cscn1. The number of benzene rings is 1. The number of aromatic nitrogens is 1. The van der Waals surface area contributed by atoms with Crippen LogP contribution in [0.4, 0.5) is 10.6 Å². The number of carbonyl (C=O) groups excluding carboxylic acids is 1. The van der Waals surface area contributed by atoms with Crippen LogP contribution in [0.1, 0.15) is 12.5 Å². The Bertz CT molecular complexity index is 601. The Hall–Kier alpha value is -2.41. The first-order valence-electron chi connectivity index (χ1n) is 6.20. The van der Waals surface area contributed by atoms with Crippen LogP contribution in [0.3, 0.4) is 0 Å². The fourth-order valence-corrected chi connectivity index (χ4v) is 2.20. The number of hydrogen-bond acceptors (Lipinski definition) is 5. The Morgan fingerprint density at radius 2 is 2.10 bits per heavy atom. The molecule has 0 aliphatic rings. The maximum Gasteiger partial charge on any atom is 0.416 e. The van der Waals surface area contributed by atoms with E-state index in [1.165, 1.54) is 23.8 Å². The Morgan fingerprint density at radius 1 is 1.38 bits per heavy atom. The number of aliphatic carboxylic acids is 1. The molecule has 2 rings (SSSR count). The summed E-state index contributed by atoms with van der Waals surface area (Å²) in [5.74, 6) is -0.854. The number of thiazole rings is 1. The molecule has 0 aliphatic heterocycles. The molecule has 0 aliphatic carbocycles. The number of rotatable bonds is 5. The van der Waals surface area contributed by atoms with Gasteiger partial charge in [0, 0.05) is 5.38 Å². The monoisotopic (exact) mass is 306 g/mol. The number of amides is 1. The highest BCUT2D eigenvalue weighted by atomic mass is 32.1. The summed E-state index contributed by atoms with van der Waals surface area (Å²) < 4.78 is 5.17. The number of carboxylic acid groups (broad SMARTS) is 1. The fraction of sp³-hybridized carbons (Fsp3) is 0.214. The van der Waals surface area contributed by atoms with Crippen LogP contribution in [0, 0.1) is 0 Å². The van der Waals surface area contributed by atoms with Crippen molar-refractivity contribution in [2.24, 2.45) is 0 Å². The van der Waals surface area contributed by atoms with Crippen LogP contribution in [0.15, 0.2) is 41.2 Å². The van der Waals surface area contributed by atoms with E-state index in [1.54, 1.807) is 5.38 Å². The lowest BCUT2D eigenvalue weighted by Crippen LogP contribution is -2.44. The zero-order valence-corrected chi connectivity index (χ0v) is 12.1. The zero-order chi connectivity index (χ0) is 15.2. The van der Waals surface area contributed by atoms with Crippen molar-refractivity contribution in [3.8, 4) is 0 Å². The number of anilines is 1. The average Bonchev–Trinajstić information content (AvgIpc) is 3.00. The van der Waals surface area contributed by atoms with Gasteiger partial charge in [0.25, 0.3) is 0 Å². The van der Waals surface area contributed by atoms with Crippen molar-refractivity contribution in [2.75, 3.05) is 4.90 Å². The number of nitrogens with zero attached hydrogens (tertiary/aromatic N) is 2. The van der Waals surface area contributed by atoms with Gasteiger partial charge in [-0.3, -0.25) is 0 Å². The van der Waals surface area contributed by atoms with Crippen molar-refractivity contribution in [1.82, 2.24) is 4.98 Å². The third-order valence-electron chi connectivity index (χ3n) is 2.81. The number of carbonyl (C=O) groups is 2. The van der Waals surface area contributed by atoms with E-state index in [-0.39, 0.29) is 12.4 Å². The molecule has 1 amide bonds. The molecule has 1 aromatic carbocycles. The maximum atomic E-state index is 12.2. The molecular weight excluding hydrogens is 292 g/mol. The second-order valence-corrected chi connectivity index (χ2v) is 4.99. The van der Waals surface area contributed by atoms with Gasteiger partial charge in [-0.15, -0.1) is 11.3 Å². The van der Waals surface area contributed by atoms with Crippen LogP contribution in [0.2, 0.25) is 0 Å². The van der Waals surface area contributed by atoms with Gasteiger partial charge in [-0.1, -0.05) is 30.3 Å². The second kappa shape index (κ2) is 6.85. The molecule has 0 spiro atoms. The van der Waals surface area contributed by atoms with Crippen molar-refractivity contribution < 1.29 is 19.4 Å². The van der Waals surface area contributed by atoms with Crippen LogP contribution >= 0.6 is 11.3 Å². The zero-order valence-electron chi connectivity index (χ0n) is 11.3. The van der Waals surface area contributed by atoms with Gasteiger partial charge in [-0.25, -0.2) is 19.5 Å². The summed E-state index contributed by atoms with van der Waals surface area (Å²) in [6.45, 7) is 1.48. The topological polar surface area (TPSA) is 79.7 Å². The Morgan fingerprint density at radius 3 is 2.67 bits per heavy atom. The van der Waals surface area contributed by atoms with Gasteiger partial charge in [0.05, 0.1) is 5.51 Å². The first-order chi connectivity index (χ1) is 10.1. The van der Waals surface area contributed by atoms with Gasteiger partial charge in [-0.2, -0.15) is 0 Å². The van der Waals surface area contributed by atoms with Gasteiger partial charge >= 0.3 is 12.1 Å². The number of carboxylic acids is 1. The van der Waals surface area contributed by atoms with Gasteiger partial charge in [-0.05, 0) is 12.5 Å². The predicted octanol–water partition coefficient (Wildman–Crippen LogP) is 2.76. The summed E-state index contributed by atoms with van der Waals surface area (Å²) >= 11 is 1.28.